The fraction of sp³-hybridized carbons (Fsp3) is 0.562. The number of halogens is 2. The van der Waals surface area contributed by atoms with Gasteiger partial charge in [0.05, 0.1) is 0 Å². The minimum Gasteiger partial charge on any atom is -0.356 e. The van der Waals surface area contributed by atoms with Gasteiger partial charge in [-0.05, 0) is 55.5 Å². The molecule has 0 bridgehead atoms. The second kappa shape index (κ2) is 8.02. The van der Waals surface area contributed by atoms with Crippen molar-refractivity contribution in [3.63, 3.8) is 0 Å². The Morgan fingerprint density at radius 2 is 2.05 bits per heavy atom. The van der Waals surface area contributed by atoms with Crippen LogP contribution in [0.2, 0.25) is 10.0 Å². The van der Waals surface area contributed by atoms with Crippen LogP contribution < -0.4 is 5.32 Å². The van der Waals surface area contributed by atoms with Crippen molar-refractivity contribution < 1.29 is 4.79 Å². The monoisotopic (exact) mass is 328 g/mol. The smallest absolute Gasteiger partial charge is 0.216 e. The van der Waals surface area contributed by atoms with E-state index in [2.05, 4.69) is 10.2 Å². The van der Waals surface area contributed by atoms with Crippen LogP contribution in [-0.2, 0) is 11.2 Å². The zero-order valence-electron chi connectivity index (χ0n) is 12.4. The molecule has 0 aliphatic carbocycles. The van der Waals surface area contributed by atoms with Gasteiger partial charge in [0.15, 0.2) is 0 Å². The number of piperidine rings is 1. The zero-order chi connectivity index (χ0) is 15.2. The van der Waals surface area contributed by atoms with Crippen LogP contribution in [0.3, 0.4) is 0 Å². The van der Waals surface area contributed by atoms with Crippen LogP contribution in [0.5, 0.6) is 0 Å². The number of nitrogens with one attached hydrogen (secondary N) is 1. The van der Waals surface area contributed by atoms with Gasteiger partial charge in [-0.2, -0.15) is 0 Å². The summed E-state index contributed by atoms with van der Waals surface area (Å²) < 4.78 is 0. The Bertz CT molecular complexity index is 473. The number of hydrogen-bond acceptors (Lipinski definition) is 2. The van der Waals surface area contributed by atoms with Crippen LogP contribution in [0.25, 0.3) is 0 Å². The van der Waals surface area contributed by atoms with Crippen LogP contribution in [0.1, 0.15) is 25.3 Å². The molecular weight excluding hydrogens is 307 g/mol. The Labute approximate surface area is 136 Å². The fourth-order valence-electron chi connectivity index (χ4n) is 2.85. The normalized spacial score (nSPS) is 19.5. The summed E-state index contributed by atoms with van der Waals surface area (Å²) in [5.74, 6) is 0.617. The van der Waals surface area contributed by atoms with Gasteiger partial charge in [0.1, 0.15) is 0 Å². The molecule has 1 heterocycles. The third-order valence-electron chi connectivity index (χ3n) is 3.88. The van der Waals surface area contributed by atoms with Crippen LogP contribution in [0.15, 0.2) is 18.2 Å². The van der Waals surface area contributed by atoms with E-state index in [-0.39, 0.29) is 5.91 Å². The van der Waals surface area contributed by atoms with Crippen LogP contribution in [0, 0.1) is 5.92 Å². The maximum Gasteiger partial charge on any atom is 0.216 e. The lowest BCUT2D eigenvalue weighted by Gasteiger charge is -2.32. The predicted octanol–water partition coefficient (Wildman–Crippen LogP) is 3.38. The molecule has 1 fully saturated rings. The van der Waals surface area contributed by atoms with Crippen LogP contribution >= 0.6 is 23.2 Å². The highest BCUT2D eigenvalue weighted by atomic mass is 35.5. The average molecular weight is 329 g/mol. The molecule has 0 saturated carbocycles. The van der Waals surface area contributed by atoms with Gasteiger partial charge >= 0.3 is 0 Å². The highest BCUT2D eigenvalue weighted by molar-refractivity contribution is 6.34. The molecule has 21 heavy (non-hydrogen) atoms. The number of likely N-dealkylation sites (tertiary alicyclic amines) is 1. The molecule has 1 aromatic rings. The molecule has 2 rings (SSSR count). The van der Waals surface area contributed by atoms with Crippen molar-refractivity contribution in [2.24, 2.45) is 5.92 Å². The lowest BCUT2D eigenvalue weighted by molar-refractivity contribution is -0.119. The van der Waals surface area contributed by atoms with E-state index < -0.39 is 0 Å². The van der Waals surface area contributed by atoms with E-state index in [1.54, 1.807) is 13.0 Å². The largest absolute Gasteiger partial charge is 0.356 e. The molecule has 0 radical (unpaired) electrons. The van der Waals surface area contributed by atoms with Gasteiger partial charge in [0.2, 0.25) is 5.91 Å². The topological polar surface area (TPSA) is 32.3 Å². The number of carbonyl (C=O) groups excluding carboxylic acids is 1. The Hall–Kier alpha value is -0.770. The molecule has 116 valence electrons. The number of amides is 1. The number of carbonyl (C=O) groups is 1. The zero-order valence-corrected chi connectivity index (χ0v) is 13.9. The summed E-state index contributed by atoms with van der Waals surface area (Å²) in [6, 6.07) is 5.72. The molecule has 1 saturated heterocycles. The summed E-state index contributed by atoms with van der Waals surface area (Å²) >= 11 is 12.1. The Balaban J connectivity index is 1.81. The second-order valence-corrected chi connectivity index (χ2v) is 6.65. The molecule has 3 nitrogen and oxygen atoms in total. The number of nitrogens with zero attached hydrogens (tertiary/aromatic N) is 1. The van der Waals surface area contributed by atoms with Crippen LogP contribution in [0.4, 0.5) is 0 Å². The van der Waals surface area contributed by atoms with Gasteiger partial charge in [-0.1, -0.05) is 23.2 Å². The lowest BCUT2D eigenvalue weighted by Crippen LogP contribution is -2.41. The number of rotatable bonds is 5. The van der Waals surface area contributed by atoms with Crippen molar-refractivity contribution in [1.82, 2.24) is 10.2 Å². The minimum absolute atomic E-state index is 0.0562. The first kappa shape index (κ1) is 16.6. The molecule has 1 atom stereocenters. The maximum atomic E-state index is 11.0. The van der Waals surface area contributed by atoms with E-state index >= 15 is 0 Å². The molecular formula is C16H22Cl2N2O. The van der Waals surface area contributed by atoms with Crippen molar-refractivity contribution in [1.29, 1.82) is 0 Å². The second-order valence-electron chi connectivity index (χ2n) is 5.77. The van der Waals surface area contributed by atoms with Gasteiger partial charge in [-0.25, -0.2) is 0 Å². The molecule has 1 aromatic carbocycles. The molecule has 1 N–H and O–H groups in total. The SMILES string of the molecule is CC(=O)NC[C@H]1CCCN(CCc2cc(Cl)cc(Cl)c2)C1. The summed E-state index contributed by atoms with van der Waals surface area (Å²) in [7, 11) is 0. The fourth-order valence-corrected chi connectivity index (χ4v) is 3.42. The average Bonchev–Trinajstić information content (AvgIpc) is 2.42. The minimum atomic E-state index is 0.0562. The third kappa shape index (κ3) is 5.85. The standard InChI is InChI=1S/C16H22Cl2N2O/c1-12(21)19-10-14-3-2-5-20(11-14)6-4-13-7-15(17)9-16(18)8-13/h7-9,14H,2-6,10-11H2,1H3,(H,19,21)/t14-/m1/s1. The van der Waals surface area contributed by atoms with Gasteiger partial charge in [-0.15, -0.1) is 0 Å². The van der Waals surface area contributed by atoms with Crippen molar-refractivity contribution in [2.45, 2.75) is 26.2 Å². The Morgan fingerprint density at radius 1 is 1.33 bits per heavy atom. The van der Waals surface area contributed by atoms with Crippen molar-refractivity contribution in [2.75, 3.05) is 26.2 Å². The highest BCUT2D eigenvalue weighted by Crippen LogP contribution is 2.21. The van der Waals surface area contributed by atoms with Crippen molar-refractivity contribution in [3.05, 3.63) is 33.8 Å². The van der Waals surface area contributed by atoms with E-state index in [1.807, 2.05) is 12.1 Å². The van der Waals surface area contributed by atoms with E-state index in [9.17, 15) is 4.79 Å². The summed E-state index contributed by atoms with van der Waals surface area (Å²) in [5, 5.41) is 4.31. The summed E-state index contributed by atoms with van der Waals surface area (Å²) in [6.45, 7) is 5.55. The van der Waals surface area contributed by atoms with Gasteiger partial charge < -0.3 is 10.2 Å². The first-order valence-electron chi connectivity index (χ1n) is 7.44. The quantitative estimate of drug-likeness (QED) is 0.898. The van der Waals surface area contributed by atoms with Gasteiger partial charge in [-0.3, -0.25) is 4.79 Å². The summed E-state index contributed by atoms with van der Waals surface area (Å²) in [6.07, 6.45) is 3.34. The molecule has 5 heteroatoms. The molecule has 0 spiro atoms. The first-order valence-corrected chi connectivity index (χ1v) is 8.20. The van der Waals surface area contributed by atoms with E-state index in [4.69, 9.17) is 23.2 Å². The molecule has 1 amide bonds. The number of benzene rings is 1. The maximum absolute atomic E-state index is 11.0. The molecule has 1 aliphatic heterocycles. The molecule has 0 aromatic heterocycles. The van der Waals surface area contributed by atoms with Crippen LogP contribution in [-0.4, -0.2) is 37.0 Å². The summed E-state index contributed by atoms with van der Waals surface area (Å²) in [4.78, 5) is 13.5. The molecule has 0 unspecified atom stereocenters. The third-order valence-corrected chi connectivity index (χ3v) is 4.32. The van der Waals surface area contributed by atoms with E-state index in [0.717, 1.165) is 32.6 Å². The molecule has 1 aliphatic rings. The summed E-state index contributed by atoms with van der Waals surface area (Å²) in [5.41, 5.74) is 1.18. The van der Waals surface area contributed by atoms with Gasteiger partial charge in [0, 0.05) is 36.6 Å². The predicted molar refractivity (Wildman–Crippen MR) is 88.0 cm³/mol. The van der Waals surface area contributed by atoms with Gasteiger partial charge in [0.25, 0.3) is 0 Å². The van der Waals surface area contributed by atoms with E-state index in [1.165, 1.54) is 18.4 Å². The van der Waals surface area contributed by atoms with Crippen molar-refractivity contribution in [3.8, 4) is 0 Å². The lowest BCUT2D eigenvalue weighted by atomic mass is 9.97. The van der Waals surface area contributed by atoms with Crippen molar-refractivity contribution >= 4 is 29.1 Å². The Kier molecular flexibility index (Phi) is 6.34. The van der Waals surface area contributed by atoms with E-state index in [0.29, 0.717) is 16.0 Å². The highest BCUT2D eigenvalue weighted by Gasteiger charge is 2.19. The first-order chi connectivity index (χ1) is 10.0. The Morgan fingerprint density at radius 3 is 2.71 bits per heavy atom. The number of hydrogen-bond donors (Lipinski definition) is 1.